The van der Waals surface area contributed by atoms with Crippen molar-refractivity contribution in [2.24, 2.45) is 0 Å². The Hall–Kier alpha value is -1.97. The quantitative estimate of drug-likeness (QED) is 0.0384. The first-order valence-corrected chi connectivity index (χ1v) is 29.4. The summed E-state index contributed by atoms with van der Waals surface area (Å²) in [5.74, 6) is -0.279. The van der Waals surface area contributed by atoms with Crippen molar-refractivity contribution < 1.29 is 42.3 Å². The topological polar surface area (TPSA) is 121 Å². The molecule has 0 spiro atoms. The molecule has 0 heterocycles. The lowest BCUT2D eigenvalue weighted by molar-refractivity contribution is -0.161. The van der Waals surface area contributed by atoms with Crippen LogP contribution >= 0.6 is 7.82 Å². The first-order valence-electron chi connectivity index (χ1n) is 27.9. The van der Waals surface area contributed by atoms with E-state index in [0.717, 1.165) is 62.7 Å². The van der Waals surface area contributed by atoms with Crippen LogP contribution in [0, 0.1) is 0 Å². The van der Waals surface area contributed by atoms with Gasteiger partial charge in [-0.1, -0.05) is 225 Å². The second-order valence-electron chi connectivity index (χ2n) is 20.3. The zero-order valence-electron chi connectivity index (χ0n) is 43.9. The third-order valence-electron chi connectivity index (χ3n) is 13.8. The van der Waals surface area contributed by atoms with E-state index in [1.54, 1.807) is 7.11 Å². The SMILES string of the molecule is CCCCCCCCCCCCCCCCCC(=O)OCC(COP(=O)(O)OC1(C(CN(C)C)c2ccc(OC)cc2)CCCCC1)OC(=O)CCCCCCCCCCCCCCCCC. The Bertz CT molecular complexity index is 1380. The summed E-state index contributed by atoms with van der Waals surface area (Å²) in [4.78, 5) is 39.5. The van der Waals surface area contributed by atoms with Crippen molar-refractivity contribution in [3.05, 3.63) is 29.8 Å². The van der Waals surface area contributed by atoms with E-state index in [4.69, 9.17) is 23.3 Å². The van der Waals surface area contributed by atoms with Gasteiger partial charge in [-0.05, 0) is 57.5 Å². The Morgan fingerprint density at radius 3 is 1.40 bits per heavy atom. The lowest BCUT2D eigenvalue weighted by atomic mass is 9.72. The molecule has 0 aromatic heterocycles. The molecule has 1 N–H and O–H groups in total. The summed E-state index contributed by atoms with van der Waals surface area (Å²) < 4.78 is 42.8. The minimum atomic E-state index is -4.68. The maximum Gasteiger partial charge on any atom is 0.472 e. The number of unbranched alkanes of at least 4 members (excludes halogenated alkanes) is 28. The second kappa shape index (κ2) is 39.7. The molecule has 1 aliphatic carbocycles. The highest BCUT2D eigenvalue weighted by atomic mass is 31.2. The Balaban J connectivity index is 1.88. The van der Waals surface area contributed by atoms with Crippen molar-refractivity contribution in [2.45, 2.75) is 269 Å². The van der Waals surface area contributed by atoms with Gasteiger partial charge in [-0.15, -0.1) is 0 Å². The number of phosphoric ester groups is 1. The number of hydrogen-bond acceptors (Lipinski definition) is 9. The van der Waals surface area contributed by atoms with Crippen molar-refractivity contribution in [3.63, 3.8) is 0 Å². The summed E-state index contributed by atoms with van der Waals surface area (Å²) in [7, 11) is 0.927. The van der Waals surface area contributed by atoms with Crippen LogP contribution in [-0.2, 0) is 32.7 Å². The number of carbonyl (C=O) groups is 2. The lowest BCUT2D eigenvalue weighted by Gasteiger charge is -2.44. The van der Waals surface area contributed by atoms with Gasteiger partial charge in [0.2, 0.25) is 0 Å². The highest BCUT2D eigenvalue weighted by Gasteiger charge is 2.47. The fourth-order valence-electron chi connectivity index (χ4n) is 9.76. The predicted octanol–water partition coefficient (Wildman–Crippen LogP) is 16.2. The van der Waals surface area contributed by atoms with E-state index in [2.05, 4.69) is 18.7 Å². The molecule has 0 amide bonds. The Kier molecular flexibility index (Phi) is 36.2. The van der Waals surface area contributed by atoms with Crippen LogP contribution in [0.3, 0.4) is 0 Å². The van der Waals surface area contributed by atoms with Gasteiger partial charge in [0.05, 0.1) is 19.3 Å². The number of carbonyl (C=O) groups excluding carboxylic acids is 2. The van der Waals surface area contributed by atoms with E-state index in [1.165, 1.54) is 154 Å². The van der Waals surface area contributed by atoms with Gasteiger partial charge in [0.1, 0.15) is 12.4 Å². The highest BCUT2D eigenvalue weighted by molar-refractivity contribution is 7.47. The van der Waals surface area contributed by atoms with Crippen LogP contribution in [0.2, 0.25) is 0 Å². The van der Waals surface area contributed by atoms with Crippen LogP contribution < -0.4 is 4.74 Å². The molecule has 10 nitrogen and oxygen atoms in total. The molecule has 1 fully saturated rings. The first-order chi connectivity index (χ1) is 32.5. The van der Waals surface area contributed by atoms with E-state index in [0.29, 0.717) is 25.8 Å². The van der Waals surface area contributed by atoms with E-state index in [9.17, 15) is 19.0 Å². The second-order valence-corrected chi connectivity index (χ2v) is 21.6. The molecule has 1 aromatic rings. The first kappa shape index (κ1) is 61.2. The number of benzene rings is 1. The minimum absolute atomic E-state index is 0.220. The van der Waals surface area contributed by atoms with Gasteiger partial charge >= 0.3 is 19.8 Å². The van der Waals surface area contributed by atoms with Crippen molar-refractivity contribution in [1.82, 2.24) is 4.90 Å². The average Bonchev–Trinajstić information content (AvgIpc) is 3.31. The van der Waals surface area contributed by atoms with Crippen LogP contribution in [0.4, 0.5) is 0 Å². The summed E-state index contributed by atoms with van der Waals surface area (Å²) in [5, 5.41) is 0. The maximum atomic E-state index is 14.0. The molecule has 67 heavy (non-hydrogen) atoms. The minimum Gasteiger partial charge on any atom is -0.497 e. The summed E-state index contributed by atoms with van der Waals surface area (Å²) >= 11 is 0. The summed E-state index contributed by atoms with van der Waals surface area (Å²) in [6.07, 6.45) is 40.6. The highest BCUT2D eigenvalue weighted by Crippen LogP contribution is 2.55. The third kappa shape index (κ3) is 31.1. The van der Waals surface area contributed by atoms with Crippen LogP contribution in [0.5, 0.6) is 5.75 Å². The van der Waals surface area contributed by atoms with Gasteiger partial charge in [-0.2, -0.15) is 0 Å². The molecule has 1 aromatic carbocycles. The predicted molar refractivity (Wildman–Crippen MR) is 277 cm³/mol. The fourth-order valence-corrected chi connectivity index (χ4v) is 10.9. The van der Waals surface area contributed by atoms with E-state index >= 15 is 0 Å². The number of hydrogen-bond donors (Lipinski definition) is 1. The molecule has 2 rings (SSSR count). The molecule has 3 atom stereocenters. The van der Waals surface area contributed by atoms with Crippen LogP contribution in [0.1, 0.15) is 263 Å². The van der Waals surface area contributed by atoms with Crippen LogP contribution in [-0.4, -0.2) is 74.4 Å². The molecule has 1 aliphatic rings. The van der Waals surface area contributed by atoms with E-state index in [-0.39, 0.29) is 31.3 Å². The average molecular weight is 964 g/mol. The van der Waals surface area contributed by atoms with Gasteiger partial charge < -0.3 is 24.0 Å². The molecule has 0 saturated heterocycles. The molecular weight excluding hydrogens is 862 g/mol. The normalized spacial score (nSPS) is 15.6. The molecular formula is C56H102NO9P. The molecule has 11 heteroatoms. The molecule has 3 unspecified atom stereocenters. The summed E-state index contributed by atoms with van der Waals surface area (Å²) in [6, 6.07) is 7.81. The number of esters is 2. The van der Waals surface area contributed by atoms with Gasteiger partial charge in [0.15, 0.2) is 6.10 Å². The number of nitrogens with zero attached hydrogens (tertiary/aromatic N) is 1. The summed E-state index contributed by atoms with van der Waals surface area (Å²) in [6.45, 7) is 4.45. The number of rotatable bonds is 45. The lowest BCUT2D eigenvalue weighted by Crippen LogP contribution is -2.45. The molecule has 390 valence electrons. The van der Waals surface area contributed by atoms with Gasteiger partial charge in [0.25, 0.3) is 0 Å². The Morgan fingerprint density at radius 1 is 0.597 bits per heavy atom. The van der Waals surface area contributed by atoms with E-state index in [1.807, 2.05) is 38.4 Å². The van der Waals surface area contributed by atoms with Crippen molar-refractivity contribution in [3.8, 4) is 5.75 Å². The number of ether oxygens (including phenoxy) is 3. The molecule has 0 aliphatic heterocycles. The van der Waals surface area contributed by atoms with Crippen LogP contribution in [0.15, 0.2) is 24.3 Å². The third-order valence-corrected chi connectivity index (χ3v) is 14.9. The van der Waals surface area contributed by atoms with E-state index < -0.39 is 32.1 Å². The Labute approximate surface area is 411 Å². The Morgan fingerprint density at radius 2 is 1.00 bits per heavy atom. The largest absolute Gasteiger partial charge is 0.497 e. The molecule has 0 radical (unpaired) electrons. The fraction of sp³-hybridized carbons (Fsp3) is 0.857. The molecule has 0 bridgehead atoms. The number of methoxy groups -OCH3 is 1. The van der Waals surface area contributed by atoms with Crippen LogP contribution in [0.25, 0.3) is 0 Å². The molecule has 1 saturated carbocycles. The maximum absolute atomic E-state index is 14.0. The zero-order valence-corrected chi connectivity index (χ0v) is 44.8. The summed E-state index contributed by atoms with van der Waals surface area (Å²) in [5.41, 5.74) is 0.0314. The smallest absolute Gasteiger partial charge is 0.472 e. The zero-order chi connectivity index (χ0) is 48.7. The number of likely N-dealkylation sites (N-methyl/N-ethyl adjacent to an activating group) is 1. The number of phosphoric acid groups is 1. The monoisotopic (exact) mass is 964 g/mol. The van der Waals surface area contributed by atoms with Gasteiger partial charge in [-0.25, -0.2) is 4.57 Å². The standard InChI is InChI=1S/C56H102NO9P/c1-6-8-10-12-14-16-18-20-22-24-26-28-30-32-35-39-54(58)63-48-52(65-55(59)40-36-33-31-29-27-25-23-21-19-17-15-13-11-9-7-2)49-64-67(60,61)66-56(45-37-34-38-46-56)53(47-57(3)4)50-41-43-51(62-5)44-42-50/h41-44,52-53H,6-40,45-49H2,1-5H3,(H,60,61). The van der Waals surface area contributed by atoms with Gasteiger partial charge in [0, 0.05) is 25.3 Å². The van der Waals surface area contributed by atoms with Crippen molar-refractivity contribution in [1.29, 1.82) is 0 Å². The van der Waals surface area contributed by atoms with Gasteiger partial charge in [-0.3, -0.25) is 18.6 Å². The van der Waals surface area contributed by atoms with Crippen molar-refractivity contribution >= 4 is 19.8 Å². The van der Waals surface area contributed by atoms with Crippen molar-refractivity contribution in [2.75, 3.05) is 41.0 Å².